The predicted octanol–water partition coefficient (Wildman–Crippen LogP) is 2.63. The highest BCUT2D eigenvalue weighted by atomic mass is 16.5. The monoisotopic (exact) mass is 271 g/mol. The lowest BCUT2D eigenvalue weighted by Gasteiger charge is -2.37. The molecular formula is C16H21N3O. The maximum Gasteiger partial charge on any atom is 0.142 e. The zero-order chi connectivity index (χ0) is 14.0. The van der Waals surface area contributed by atoms with Gasteiger partial charge in [-0.15, -0.1) is 0 Å². The summed E-state index contributed by atoms with van der Waals surface area (Å²) in [5, 5.41) is 13.2. The first-order valence-electron chi connectivity index (χ1n) is 7.35. The van der Waals surface area contributed by atoms with Crippen molar-refractivity contribution in [3.05, 3.63) is 24.3 Å². The average Bonchev–Trinajstić information content (AvgIpc) is 2.88. The van der Waals surface area contributed by atoms with Crippen LogP contribution in [0, 0.1) is 11.3 Å². The van der Waals surface area contributed by atoms with E-state index in [0.29, 0.717) is 6.04 Å². The summed E-state index contributed by atoms with van der Waals surface area (Å²) in [6, 6.07) is 10.8. The van der Waals surface area contributed by atoms with Crippen LogP contribution in [0.5, 0.6) is 5.75 Å². The summed E-state index contributed by atoms with van der Waals surface area (Å²) >= 11 is 0. The van der Waals surface area contributed by atoms with Crippen molar-refractivity contribution >= 4 is 5.69 Å². The maximum absolute atomic E-state index is 9.75. The fraction of sp³-hybridized carbons (Fsp3) is 0.562. The Morgan fingerprint density at radius 3 is 2.80 bits per heavy atom. The lowest BCUT2D eigenvalue weighted by atomic mass is 9.86. The quantitative estimate of drug-likeness (QED) is 0.918. The Balaban J connectivity index is 1.80. The second kappa shape index (κ2) is 5.34. The smallest absolute Gasteiger partial charge is 0.142 e. The molecule has 106 valence electrons. The van der Waals surface area contributed by atoms with Crippen molar-refractivity contribution in [2.45, 2.75) is 37.3 Å². The summed E-state index contributed by atoms with van der Waals surface area (Å²) < 4.78 is 5.18. The van der Waals surface area contributed by atoms with Gasteiger partial charge in [0.15, 0.2) is 0 Å². The molecule has 2 saturated heterocycles. The Hall–Kier alpha value is -1.73. The van der Waals surface area contributed by atoms with Crippen LogP contribution >= 0.6 is 0 Å². The molecule has 1 aromatic rings. The van der Waals surface area contributed by atoms with Crippen LogP contribution in [0.1, 0.15) is 25.7 Å². The molecule has 0 saturated carbocycles. The molecule has 0 aromatic heterocycles. The summed E-state index contributed by atoms with van der Waals surface area (Å²) in [6.45, 7) is 2.17. The number of nitrogens with zero attached hydrogens (tertiary/aromatic N) is 2. The Bertz CT molecular complexity index is 507. The molecule has 0 bridgehead atoms. The van der Waals surface area contributed by atoms with Crippen LogP contribution in [-0.2, 0) is 0 Å². The second-order valence-electron chi connectivity index (χ2n) is 5.73. The van der Waals surface area contributed by atoms with Crippen molar-refractivity contribution in [2.24, 2.45) is 0 Å². The summed E-state index contributed by atoms with van der Waals surface area (Å²) in [4.78, 5) is 2.48. The number of nitrogens with one attached hydrogen (secondary N) is 1. The second-order valence-corrected chi connectivity index (χ2v) is 5.73. The van der Waals surface area contributed by atoms with E-state index in [9.17, 15) is 5.26 Å². The van der Waals surface area contributed by atoms with E-state index < -0.39 is 5.54 Å². The van der Waals surface area contributed by atoms with Crippen molar-refractivity contribution in [2.75, 3.05) is 25.5 Å². The van der Waals surface area contributed by atoms with Crippen molar-refractivity contribution in [1.29, 1.82) is 5.26 Å². The largest absolute Gasteiger partial charge is 0.497 e. The molecule has 0 radical (unpaired) electrons. The zero-order valence-electron chi connectivity index (χ0n) is 11.9. The number of methoxy groups -OCH3 is 1. The van der Waals surface area contributed by atoms with Gasteiger partial charge in [-0.3, -0.25) is 4.90 Å². The molecule has 0 amide bonds. The van der Waals surface area contributed by atoms with Gasteiger partial charge < -0.3 is 10.1 Å². The minimum Gasteiger partial charge on any atom is -0.497 e. The average molecular weight is 271 g/mol. The Kier molecular flexibility index (Phi) is 3.54. The molecule has 2 atom stereocenters. The van der Waals surface area contributed by atoms with Gasteiger partial charge in [0.1, 0.15) is 11.3 Å². The molecule has 2 aliphatic rings. The van der Waals surface area contributed by atoms with Crippen molar-refractivity contribution in [1.82, 2.24) is 4.90 Å². The number of benzene rings is 1. The molecule has 2 aliphatic heterocycles. The highest BCUT2D eigenvalue weighted by molar-refractivity contribution is 5.51. The maximum atomic E-state index is 9.75. The summed E-state index contributed by atoms with van der Waals surface area (Å²) in [6.07, 6.45) is 4.52. The van der Waals surface area contributed by atoms with Gasteiger partial charge in [0.05, 0.1) is 13.2 Å². The van der Waals surface area contributed by atoms with E-state index in [2.05, 4.69) is 16.3 Å². The van der Waals surface area contributed by atoms with Crippen molar-refractivity contribution in [3.63, 3.8) is 0 Å². The number of nitriles is 1. The minimum atomic E-state index is -0.436. The third-order valence-electron chi connectivity index (χ3n) is 4.63. The molecule has 4 heteroatoms. The zero-order valence-corrected chi connectivity index (χ0v) is 11.9. The molecule has 20 heavy (non-hydrogen) atoms. The molecular weight excluding hydrogens is 250 g/mol. The Morgan fingerprint density at radius 1 is 1.30 bits per heavy atom. The topological polar surface area (TPSA) is 48.3 Å². The standard InChI is InChI=1S/C16H21N3O/c1-20-14-7-5-13(6-8-14)18-16(12-17)9-11-19-10-3-2-4-15(16)19/h5-8,15,18H,2-4,9-11H2,1H3. The lowest BCUT2D eigenvalue weighted by Crippen LogP contribution is -2.50. The van der Waals surface area contributed by atoms with Gasteiger partial charge in [0.25, 0.3) is 0 Å². The SMILES string of the molecule is COc1ccc(NC2(C#N)CCN3CCCCC32)cc1. The van der Waals surface area contributed by atoms with Crippen molar-refractivity contribution < 1.29 is 4.74 Å². The number of fused-ring (bicyclic) bond motifs is 1. The number of ether oxygens (including phenoxy) is 1. The summed E-state index contributed by atoms with van der Waals surface area (Å²) in [7, 11) is 1.66. The van der Waals surface area contributed by atoms with Gasteiger partial charge in [-0.2, -0.15) is 5.26 Å². The van der Waals surface area contributed by atoms with Gasteiger partial charge in [-0.05, 0) is 50.1 Å². The summed E-state index contributed by atoms with van der Waals surface area (Å²) in [5.41, 5.74) is 0.564. The molecule has 2 fully saturated rings. The molecule has 3 rings (SSSR count). The lowest BCUT2D eigenvalue weighted by molar-refractivity contribution is 0.180. The number of anilines is 1. The van der Waals surface area contributed by atoms with E-state index in [0.717, 1.165) is 37.4 Å². The predicted molar refractivity (Wildman–Crippen MR) is 78.8 cm³/mol. The van der Waals surface area contributed by atoms with Gasteiger partial charge in [0, 0.05) is 18.3 Å². The van der Waals surface area contributed by atoms with E-state index in [1.54, 1.807) is 7.11 Å². The van der Waals surface area contributed by atoms with Gasteiger partial charge >= 0.3 is 0 Å². The third-order valence-corrected chi connectivity index (χ3v) is 4.63. The summed E-state index contributed by atoms with van der Waals surface area (Å²) in [5.74, 6) is 0.840. The van der Waals surface area contributed by atoms with Crippen molar-refractivity contribution in [3.8, 4) is 11.8 Å². The van der Waals surface area contributed by atoms with Crippen LogP contribution in [0.15, 0.2) is 24.3 Å². The molecule has 1 aromatic carbocycles. The fourth-order valence-corrected chi connectivity index (χ4v) is 3.54. The van der Waals surface area contributed by atoms with Crippen LogP contribution in [0.4, 0.5) is 5.69 Å². The normalized spacial score (nSPS) is 29.5. The number of hydrogen-bond acceptors (Lipinski definition) is 4. The Labute approximate surface area is 120 Å². The van der Waals surface area contributed by atoms with E-state index >= 15 is 0 Å². The van der Waals surface area contributed by atoms with Gasteiger partial charge in [-0.25, -0.2) is 0 Å². The highest BCUT2D eigenvalue weighted by Gasteiger charge is 2.48. The van der Waals surface area contributed by atoms with E-state index in [-0.39, 0.29) is 0 Å². The van der Waals surface area contributed by atoms with Crippen LogP contribution in [0.25, 0.3) is 0 Å². The molecule has 2 unspecified atom stereocenters. The number of rotatable bonds is 3. The highest BCUT2D eigenvalue weighted by Crippen LogP contribution is 2.37. The van der Waals surface area contributed by atoms with Gasteiger partial charge in [0.2, 0.25) is 0 Å². The number of hydrogen-bond donors (Lipinski definition) is 1. The fourth-order valence-electron chi connectivity index (χ4n) is 3.54. The first-order chi connectivity index (χ1) is 9.77. The third kappa shape index (κ3) is 2.23. The van der Waals surface area contributed by atoms with Crippen LogP contribution in [0.3, 0.4) is 0 Å². The van der Waals surface area contributed by atoms with E-state index in [1.165, 1.54) is 12.8 Å². The Morgan fingerprint density at radius 2 is 2.10 bits per heavy atom. The molecule has 0 spiro atoms. The first-order valence-corrected chi connectivity index (χ1v) is 7.35. The van der Waals surface area contributed by atoms with Gasteiger partial charge in [-0.1, -0.05) is 6.42 Å². The molecule has 1 N–H and O–H groups in total. The van der Waals surface area contributed by atoms with Crippen LogP contribution in [-0.4, -0.2) is 36.7 Å². The molecule has 4 nitrogen and oxygen atoms in total. The molecule has 2 heterocycles. The number of piperidine rings is 1. The van der Waals surface area contributed by atoms with Crippen LogP contribution < -0.4 is 10.1 Å². The molecule has 0 aliphatic carbocycles. The minimum absolute atomic E-state index is 0.350. The first kappa shape index (κ1) is 13.3. The van der Waals surface area contributed by atoms with E-state index in [4.69, 9.17) is 4.74 Å². The van der Waals surface area contributed by atoms with Crippen LogP contribution in [0.2, 0.25) is 0 Å². The van der Waals surface area contributed by atoms with E-state index in [1.807, 2.05) is 24.3 Å².